The molecule has 0 spiro atoms. The predicted molar refractivity (Wildman–Crippen MR) is 58.2 cm³/mol. The zero-order valence-electron chi connectivity index (χ0n) is 10.2. The fraction of sp³-hybridized carbons (Fsp3) is 0.909. The molecule has 1 amide bonds. The summed E-state index contributed by atoms with van der Waals surface area (Å²) in [6.07, 6.45) is -3.71. The molecule has 6 heteroatoms. The zero-order chi connectivity index (χ0) is 13.3. The number of piperidine rings is 1. The lowest BCUT2D eigenvalue weighted by molar-refractivity contribution is -0.189. The van der Waals surface area contributed by atoms with E-state index < -0.39 is 17.5 Å². The molecule has 17 heavy (non-hydrogen) atoms. The fourth-order valence-corrected chi connectivity index (χ4v) is 1.94. The number of nitrogens with two attached hydrogens (primary N) is 1. The standard InChI is InChI=1S/C11H19F3N2O/c1-10(2,7-15)9(17)16-5-3-4-8(6-16)11(12,13)14/h8H,3-7,15H2,1-2H3. The van der Waals surface area contributed by atoms with E-state index in [2.05, 4.69) is 0 Å². The Morgan fingerprint density at radius 3 is 2.47 bits per heavy atom. The molecule has 1 fully saturated rings. The maximum absolute atomic E-state index is 12.6. The van der Waals surface area contributed by atoms with Gasteiger partial charge in [-0.05, 0) is 26.7 Å². The minimum Gasteiger partial charge on any atom is -0.342 e. The third kappa shape index (κ3) is 3.34. The van der Waals surface area contributed by atoms with Crippen LogP contribution in [0.1, 0.15) is 26.7 Å². The third-order valence-electron chi connectivity index (χ3n) is 3.26. The van der Waals surface area contributed by atoms with Crippen molar-refractivity contribution >= 4 is 5.91 Å². The molecular formula is C11H19F3N2O. The largest absolute Gasteiger partial charge is 0.393 e. The molecule has 1 saturated heterocycles. The zero-order valence-corrected chi connectivity index (χ0v) is 10.2. The van der Waals surface area contributed by atoms with Crippen molar-refractivity contribution in [2.45, 2.75) is 32.9 Å². The van der Waals surface area contributed by atoms with Crippen LogP contribution in [0, 0.1) is 11.3 Å². The lowest BCUT2D eigenvalue weighted by Gasteiger charge is -2.37. The number of amides is 1. The maximum Gasteiger partial charge on any atom is 0.393 e. The van der Waals surface area contributed by atoms with Crippen molar-refractivity contribution in [2.24, 2.45) is 17.1 Å². The molecule has 1 unspecified atom stereocenters. The molecule has 3 nitrogen and oxygen atoms in total. The van der Waals surface area contributed by atoms with Crippen molar-refractivity contribution in [2.75, 3.05) is 19.6 Å². The molecule has 0 aliphatic carbocycles. The van der Waals surface area contributed by atoms with E-state index >= 15 is 0 Å². The van der Waals surface area contributed by atoms with Gasteiger partial charge in [0.15, 0.2) is 0 Å². The van der Waals surface area contributed by atoms with E-state index in [0.29, 0.717) is 13.0 Å². The number of carbonyl (C=O) groups is 1. The summed E-state index contributed by atoms with van der Waals surface area (Å²) in [4.78, 5) is 13.3. The van der Waals surface area contributed by atoms with Crippen molar-refractivity contribution < 1.29 is 18.0 Å². The first-order chi connectivity index (χ1) is 7.68. The molecule has 0 saturated carbocycles. The highest BCUT2D eigenvalue weighted by Gasteiger charge is 2.44. The second kappa shape index (κ2) is 4.84. The van der Waals surface area contributed by atoms with E-state index in [1.54, 1.807) is 13.8 Å². The number of carbonyl (C=O) groups excluding carboxylic acids is 1. The summed E-state index contributed by atoms with van der Waals surface area (Å²) in [7, 11) is 0. The first-order valence-corrected chi connectivity index (χ1v) is 5.74. The molecule has 100 valence electrons. The molecule has 2 N–H and O–H groups in total. The van der Waals surface area contributed by atoms with Gasteiger partial charge < -0.3 is 10.6 Å². The summed E-state index contributed by atoms with van der Waals surface area (Å²) >= 11 is 0. The Bertz CT molecular complexity index is 289. The second-order valence-electron chi connectivity index (χ2n) is 5.22. The quantitative estimate of drug-likeness (QED) is 0.814. The van der Waals surface area contributed by atoms with Gasteiger partial charge in [0.2, 0.25) is 5.91 Å². The van der Waals surface area contributed by atoms with Gasteiger partial charge in [0, 0.05) is 19.6 Å². The van der Waals surface area contributed by atoms with E-state index in [1.165, 1.54) is 4.90 Å². The van der Waals surface area contributed by atoms with Gasteiger partial charge in [0.05, 0.1) is 11.3 Å². The third-order valence-corrected chi connectivity index (χ3v) is 3.26. The second-order valence-corrected chi connectivity index (χ2v) is 5.22. The smallest absolute Gasteiger partial charge is 0.342 e. The van der Waals surface area contributed by atoms with Crippen LogP contribution in [0.4, 0.5) is 13.2 Å². The highest BCUT2D eigenvalue weighted by Crippen LogP contribution is 2.34. The molecule has 0 aromatic heterocycles. The number of halogens is 3. The van der Waals surface area contributed by atoms with Crippen molar-refractivity contribution in [1.82, 2.24) is 4.90 Å². The Hall–Kier alpha value is -0.780. The topological polar surface area (TPSA) is 46.3 Å². The normalized spacial score (nSPS) is 22.7. The van der Waals surface area contributed by atoms with Gasteiger partial charge in [-0.25, -0.2) is 0 Å². The molecule has 1 rings (SSSR count). The number of hydrogen-bond acceptors (Lipinski definition) is 2. The van der Waals surface area contributed by atoms with Crippen molar-refractivity contribution in [3.05, 3.63) is 0 Å². The Labute approximate surface area is 99.1 Å². The molecule has 0 radical (unpaired) electrons. The maximum atomic E-state index is 12.6. The SMILES string of the molecule is CC(C)(CN)C(=O)N1CCCC(C(F)(F)F)C1. The lowest BCUT2D eigenvalue weighted by atomic mass is 9.89. The number of hydrogen-bond donors (Lipinski definition) is 1. The van der Waals surface area contributed by atoms with Crippen molar-refractivity contribution in [3.63, 3.8) is 0 Å². The van der Waals surface area contributed by atoms with E-state index in [0.717, 1.165) is 0 Å². The molecule has 0 bridgehead atoms. The van der Waals surface area contributed by atoms with Crippen LogP contribution in [0.15, 0.2) is 0 Å². The van der Waals surface area contributed by atoms with Gasteiger partial charge in [-0.2, -0.15) is 13.2 Å². The Kier molecular flexibility index (Phi) is 4.06. The minimum absolute atomic E-state index is 0.107. The van der Waals surface area contributed by atoms with Crippen LogP contribution < -0.4 is 5.73 Å². The summed E-state index contributed by atoms with van der Waals surface area (Å²) in [5, 5.41) is 0. The van der Waals surface area contributed by atoms with E-state index in [4.69, 9.17) is 5.73 Å². The van der Waals surface area contributed by atoms with Crippen LogP contribution in [0.3, 0.4) is 0 Å². The minimum atomic E-state index is -4.22. The molecular weight excluding hydrogens is 233 g/mol. The first-order valence-electron chi connectivity index (χ1n) is 5.74. The highest BCUT2D eigenvalue weighted by atomic mass is 19.4. The molecule has 0 aromatic rings. The molecule has 1 aliphatic rings. The summed E-state index contributed by atoms with van der Waals surface area (Å²) in [5.74, 6) is -1.68. The molecule has 1 atom stereocenters. The summed E-state index contributed by atoms with van der Waals surface area (Å²) in [6, 6.07) is 0. The summed E-state index contributed by atoms with van der Waals surface area (Å²) < 4.78 is 37.8. The van der Waals surface area contributed by atoms with Crippen LogP contribution in [-0.4, -0.2) is 36.6 Å². The highest BCUT2D eigenvalue weighted by molar-refractivity contribution is 5.82. The fourth-order valence-electron chi connectivity index (χ4n) is 1.94. The summed E-state index contributed by atoms with van der Waals surface area (Å²) in [6.45, 7) is 3.62. The van der Waals surface area contributed by atoms with Gasteiger partial charge in [-0.15, -0.1) is 0 Å². The number of rotatable bonds is 2. The van der Waals surface area contributed by atoms with Gasteiger partial charge in [-0.3, -0.25) is 4.79 Å². The van der Waals surface area contributed by atoms with Crippen LogP contribution in [0.2, 0.25) is 0 Å². The van der Waals surface area contributed by atoms with Gasteiger partial charge >= 0.3 is 6.18 Å². The van der Waals surface area contributed by atoms with Gasteiger partial charge in [0.1, 0.15) is 0 Å². The van der Waals surface area contributed by atoms with Crippen LogP contribution in [0.5, 0.6) is 0 Å². The van der Waals surface area contributed by atoms with Crippen LogP contribution in [0.25, 0.3) is 0 Å². The van der Waals surface area contributed by atoms with E-state index in [-0.39, 0.29) is 25.4 Å². The Morgan fingerprint density at radius 2 is 2.00 bits per heavy atom. The summed E-state index contributed by atoms with van der Waals surface area (Å²) in [5.41, 5.74) is 4.68. The Balaban J connectivity index is 2.71. The van der Waals surface area contributed by atoms with Crippen molar-refractivity contribution in [3.8, 4) is 0 Å². The predicted octanol–water partition coefficient (Wildman–Crippen LogP) is 1.77. The number of likely N-dealkylation sites (tertiary alicyclic amines) is 1. The molecule has 1 aliphatic heterocycles. The van der Waals surface area contributed by atoms with E-state index in [1.807, 2.05) is 0 Å². The van der Waals surface area contributed by atoms with Crippen LogP contribution >= 0.6 is 0 Å². The lowest BCUT2D eigenvalue weighted by Crippen LogP contribution is -2.50. The number of nitrogens with zero attached hydrogens (tertiary/aromatic N) is 1. The van der Waals surface area contributed by atoms with E-state index in [9.17, 15) is 18.0 Å². The van der Waals surface area contributed by atoms with Crippen molar-refractivity contribution in [1.29, 1.82) is 0 Å². The van der Waals surface area contributed by atoms with Gasteiger partial charge in [-0.1, -0.05) is 0 Å². The average molecular weight is 252 g/mol. The average Bonchev–Trinajstić information content (AvgIpc) is 2.27. The molecule has 1 heterocycles. The van der Waals surface area contributed by atoms with Gasteiger partial charge in [0.25, 0.3) is 0 Å². The first kappa shape index (κ1) is 14.3. The molecule has 0 aromatic carbocycles. The monoisotopic (exact) mass is 252 g/mol. The Morgan fingerprint density at radius 1 is 1.41 bits per heavy atom. The van der Waals surface area contributed by atoms with Crippen LogP contribution in [-0.2, 0) is 4.79 Å². The number of alkyl halides is 3.